The van der Waals surface area contributed by atoms with Gasteiger partial charge in [0.1, 0.15) is 5.75 Å². The third-order valence-electron chi connectivity index (χ3n) is 3.06. The number of nitrogens with two attached hydrogens (primary N) is 1. The van der Waals surface area contributed by atoms with Crippen molar-refractivity contribution in [3.63, 3.8) is 0 Å². The predicted molar refractivity (Wildman–Crippen MR) is 75.0 cm³/mol. The molecule has 16 heavy (non-hydrogen) atoms. The molecule has 5 heteroatoms. The molecule has 0 amide bonds. The van der Waals surface area contributed by atoms with Gasteiger partial charge in [0.2, 0.25) is 0 Å². The Bertz CT molecular complexity index is 359. The van der Waals surface area contributed by atoms with Crippen molar-refractivity contribution in [2.75, 3.05) is 0 Å². The van der Waals surface area contributed by atoms with Crippen LogP contribution in [0.25, 0.3) is 0 Å². The summed E-state index contributed by atoms with van der Waals surface area (Å²) in [6.07, 6.45) is 3.60. The molecular formula is C11H14Br2ClNO. The summed E-state index contributed by atoms with van der Waals surface area (Å²) in [7, 11) is 0. The van der Waals surface area contributed by atoms with E-state index in [0.29, 0.717) is 5.92 Å². The average Bonchev–Trinajstić information content (AvgIpc) is 1.97. The molecule has 1 aromatic rings. The number of halogens is 3. The molecule has 0 saturated heterocycles. The fourth-order valence-corrected chi connectivity index (χ4v) is 3.40. The van der Waals surface area contributed by atoms with E-state index < -0.39 is 0 Å². The van der Waals surface area contributed by atoms with E-state index in [1.54, 1.807) is 6.07 Å². The zero-order chi connectivity index (χ0) is 11.0. The molecule has 1 aliphatic carbocycles. The highest BCUT2D eigenvalue weighted by Crippen LogP contribution is 2.42. The second kappa shape index (κ2) is 5.71. The van der Waals surface area contributed by atoms with Crippen molar-refractivity contribution in [3.8, 4) is 5.75 Å². The first-order chi connectivity index (χ1) is 7.09. The molecule has 2 nitrogen and oxygen atoms in total. The van der Waals surface area contributed by atoms with Gasteiger partial charge in [0, 0.05) is 20.6 Å². The van der Waals surface area contributed by atoms with Gasteiger partial charge in [0.05, 0.1) is 0 Å². The van der Waals surface area contributed by atoms with E-state index >= 15 is 0 Å². The Labute approximate surface area is 118 Å². The lowest BCUT2D eigenvalue weighted by atomic mass is 9.77. The van der Waals surface area contributed by atoms with Crippen molar-refractivity contribution in [1.82, 2.24) is 0 Å². The second-order valence-corrected chi connectivity index (χ2v) is 5.81. The van der Waals surface area contributed by atoms with Gasteiger partial charge >= 0.3 is 0 Å². The minimum atomic E-state index is -0.0544. The SMILES string of the molecule is Cl.N[C@@H](c1c(O)cc(Br)cc1Br)C1CCC1. The van der Waals surface area contributed by atoms with Crippen LogP contribution in [0.3, 0.4) is 0 Å². The van der Waals surface area contributed by atoms with E-state index in [9.17, 15) is 5.11 Å². The molecule has 1 saturated carbocycles. The van der Waals surface area contributed by atoms with Crippen molar-refractivity contribution >= 4 is 44.3 Å². The molecule has 0 aromatic heterocycles. The third kappa shape index (κ3) is 2.73. The van der Waals surface area contributed by atoms with Crippen molar-refractivity contribution < 1.29 is 5.11 Å². The van der Waals surface area contributed by atoms with Gasteiger partial charge in [-0.15, -0.1) is 12.4 Å². The van der Waals surface area contributed by atoms with Gasteiger partial charge in [-0.3, -0.25) is 0 Å². The first kappa shape index (κ1) is 14.3. The number of phenolic OH excluding ortho intramolecular Hbond substituents is 1. The third-order valence-corrected chi connectivity index (χ3v) is 4.18. The Balaban J connectivity index is 0.00000128. The standard InChI is InChI=1S/C11H13Br2NO.ClH/c12-7-4-8(13)10(9(15)5-7)11(14)6-2-1-3-6;/h4-6,11,15H,1-3,14H2;1H/t11-;/m1./s1. The number of phenols is 1. The largest absolute Gasteiger partial charge is 0.508 e. The summed E-state index contributed by atoms with van der Waals surface area (Å²) in [5.41, 5.74) is 6.98. The molecule has 90 valence electrons. The Morgan fingerprint density at radius 3 is 2.38 bits per heavy atom. The summed E-state index contributed by atoms with van der Waals surface area (Å²) in [6.45, 7) is 0. The minimum absolute atomic E-state index is 0. The van der Waals surface area contributed by atoms with Crippen LogP contribution in [0.4, 0.5) is 0 Å². The van der Waals surface area contributed by atoms with E-state index in [4.69, 9.17) is 5.73 Å². The van der Waals surface area contributed by atoms with Crippen LogP contribution in [0.2, 0.25) is 0 Å². The summed E-state index contributed by atoms with van der Waals surface area (Å²) >= 11 is 6.78. The van der Waals surface area contributed by atoms with Crippen LogP contribution in [-0.4, -0.2) is 5.11 Å². The first-order valence-corrected chi connectivity index (χ1v) is 6.61. The van der Waals surface area contributed by atoms with Crippen LogP contribution in [0.15, 0.2) is 21.1 Å². The zero-order valence-electron chi connectivity index (χ0n) is 8.62. The highest BCUT2D eigenvalue weighted by molar-refractivity contribution is 9.11. The van der Waals surface area contributed by atoms with Crippen molar-refractivity contribution in [2.45, 2.75) is 25.3 Å². The van der Waals surface area contributed by atoms with Crippen molar-refractivity contribution in [2.24, 2.45) is 11.7 Å². The first-order valence-electron chi connectivity index (χ1n) is 5.03. The van der Waals surface area contributed by atoms with Gasteiger partial charge in [0.15, 0.2) is 0 Å². The molecule has 1 fully saturated rings. The van der Waals surface area contributed by atoms with Crippen LogP contribution in [0, 0.1) is 5.92 Å². The van der Waals surface area contributed by atoms with E-state index in [1.807, 2.05) is 6.07 Å². The van der Waals surface area contributed by atoms with E-state index in [-0.39, 0.29) is 24.2 Å². The Kier molecular flexibility index (Phi) is 5.10. The summed E-state index contributed by atoms with van der Waals surface area (Å²) < 4.78 is 1.74. The van der Waals surface area contributed by atoms with Crippen molar-refractivity contribution in [1.29, 1.82) is 0 Å². The van der Waals surface area contributed by atoms with Crippen LogP contribution in [0.5, 0.6) is 5.75 Å². The predicted octanol–water partition coefficient (Wildman–Crippen LogP) is 4.14. The molecule has 0 unspecified atom stereocenters. The highest BCUT2D eigenvalue weighted by Gasteiger charge is 2.28. The van der Waals surface area contributed by atoms with E-state index in [1.165, 1.54) is 19.3 Å². The summed E-state index contributed by atoms with van der Waals surface area (Å²) in [5, 5.41) is 9.87. The number of hydrogen-bond acceptors (Lipinski definition) is 2. The smallest absolute Gasteiger partial charge is 0.122 e. The molecular weight excluding hydrogens is 357 g/mol. The monoisotopic (exact) mass is 369 g/mol. The molecule has 1 aliphatic rings. The zero-order valence-corrected chi connectivity index (χ0v) is 12.6. The van der Waals surface area contributed by atoms with Gasteiger partial charge in [0.25, 0.3) is 0 Å². The molecule has 0 spiro atoms. The number of aromatic hydroxyl groups is 1. The van der Waals surface area contributed by atoms with Crippen LogP contribution in [-0.2, 0) is 0 Å². The molecule has 3 N–H and O–H groups in total. The quantitative estimate of drug-likeness (QED) is 0.821. The van der Waals surface area contributed by atoms with E-state index in [0.717, 1.165) is 14.5 Å². The molecule has 0 bridgehead atoms. The summed E-state index contributed by atoms with van der Waals surface area (Å²) in [4.78, 5) is 0. The van der Waals surface area contributed by atoms with Crippen LogP contribution >= 0.6 is 44.3 Å². The normalized spacial score (nSPS) is 17.4. The Hall–Kier alpha value is 0.230. The summed E-state index contributed by atoms with van der Waals surface area (Å²) in [5.74, 6) is 0.795. The topological polar surface area (TPSA) is 46.2 Å². The maximum Gasteiger partial charge on any atom is 0.122 e. The molecule has 1 aromatic carbocycles. The maximum atomic E-state index is 9.87. The second-order valence-electron chi connectivity index (χ2n) is 4.04. The molecule has 0 aliphatic heterocycles. The fraction of sp³-hybridized carbons (Fsp3) is 0.455. The van der Waals surface area contributed by atoms with Gasteiger partial charge < -0.3 is 10.8 Å². The van der Waals surface area contributed by atoms with Crippen LogP contribution in [0.1, 0.15) is 30.9 Å². The number of benzene rings is 1. The minimum Gasteiger partial charge on any atom is -0.508 e. The van der Waals surface area contributed by atoms with Gasteiger partial charge in [-0.1, -0.05) is 38.3 Å². The number of rotatable bonds is 2. The summed E-state index contributed by atoms with van der Waals surface area (Å²) in [6, 6.07) is 3.56. The van der Waals surface area contributed by atoms with E-state index in [2.05, 4.69) is 31.9 Å². The molecule has 0 radical (unpaired) electrons. The number of hydrogen-bond donors (Lipinski definition) is 2. The lowest BCUT2D eigenvalue weighted by Crippen LogP contribution is -2.27. The molecule has 2 rings (SSSR count). The van der Waals surface area contributed by atoms with Crippen LogP contribution < -0.4 is 5.73 Å². The Morgan fingerprint density at radius 2 is 1.94 bits per heavy atom. The fourth-order valence-electron chi connectivity index (χ4n) is 1.94. The average molecular weight is 372 g/mol. The lowest BCUT2D eigenvalue weighted by molar-refractivity contribution is 0.260. The van der Waals surface area contributed by atoms with Gasteiger partial charge in [-0.25, -0.2) is 0 Å². The maximum absolute atomic E-state index is 9.87. The Morgan fingerprint density at radius 1 is 1.31 bits per heavy atom. The highest BCUT2D eigenvalue weighted by atomic mass is 79.9. The lowest BCUT2D eigenvalue weighted by Gasteiger charge is -2.32. The molecule has 1 atom stereocenters. The van der Waals surface area contributed by atoms with Gasteiger partial charge in [-0.05, 0) is 30.9 Å². The van der Waals surface area contributed by atoms with Gasteiger partial charge in [-0.2, -0.15) is 0 Å². The van der Waals surface area contributed by atoms with Crippen molar-refractivity contribution in [3.05, 3.63) is 26.6 Å². The molecule has 0 heterocycles.